The molecule has 21 heavy (non-hydrogen) atoms. The van der Waals surface area contributed by atoms with Crippen molar-refractivity contribution in [1.82, 2.24) is 15.5 Å². The van der Waals surface area contributed by atoms with E-state index in [1.807, 2.05) is 6.07 Å². The second-order valence-corrected chi connectivity index (χ2v) is 6.12. The summed E-state index contributed by atoms with van der Waals surface area (Å²) in [7, 11) is 0. The van der Waals surface area contributed by atoms with Crippen molar-refractivity contribution >= 4 is 11.7 Å². The summed E-state index contributed by atoms with van der Waals surface area (Å²) in [5.41, 5.74) is 5.97. The number of carbonyl (C=O) groups is 1. The van der Waals surface area contributed by atoms with Gasteiger partial charge in [-0.3, -0.25) is 4.79 Å². The average Bonchev–Trinajstić information content (AvgIpc) is 3.19. The molecule has 6 nitrogen and oxygen atoms in total. The van der Waals surface area contributed by atoms with Crippen LogP contribution in [0.5, 0.6) is 0 Å². The minimum Gasteiger partial charge on any atom is -0.355 e. The number of anilines is 1. The summed E-state index contributed by atoms with van der Waals surface area (Å²) in [5.74, 6) is 0.696. The molecule has 1 aromatic rings. The topological polar surface area (TPSA) is 84.1 Å². The number of amides is 1. The van der Waals surface area contributed by atoms with Gasteiger partial charge < -0.3 is 16.0 Å². The number of hydrogen-bond donors (Lipinski definition) is 2. The zero-order valence-corrected chi connectivity index (χ0v) is 12.3. The van der Waals surface area contributed by atoms with Crippen molar-refractivity contribution in [1.29, 1.82) is 0 Å². The number of nitrogens with zero attached hydrogens (tertiary/aromatic N) is 3. The van der Waals surface area contributed by atoms with Crippen LogP contribution in [0.4, 0.5) is 5.82 Å². The SMILES string of the molecule is NCC1(NC(=O)c2ccc(N3CCCC3)nn2)CCCC1. The lowest BCUT2D eigenvalue weighted by atomic mass is 9.97. The minimum atomic E-state index is -0.244. The molecule has 1 aliphatic heterocycles. The van der Waals surface area contributed by atoms with Crippen LogP contribution < -0.4 is 16.0 Å². The van der Waals surface area contributed by atoms with Gasteiger partial charge >= 0.3 is 0 Å². The molecule has 2 aliphatic rings. The summed E-state index contributed by atoms with van der Waals surface area (Å²) in [5, 5.41) is 11.3. The van der Waals surface area contributed by atoms with Gasteiger partial charge in [0.15, 0.2) is 11.5 Å². The lowest BCUT2D eigenvalue weighted by molar-refractivity contribution is 0.0897. The van der Waals surface area contributed by atoms with Crippen molar-refractivity contribution in [2.24, 2.45) is 5.73 Å². The molecule has 6 heteroatoms. The molecule has 114 valence electrons. The van der Waals surface area contributed by atoms with E-state index in [1.165, 1.54) is 12.8 Å². The van der Waals surface area contributed by atoms with Gasteiger partial charge in [0.25, 0.3) is 5.91 Å². The largest absolute Gasteiger partial charge is 0.355 e. The second kappa shape index (κ2) is 5.97. The van der Waals surface area contributed by atoms with E-state index in [1.54, 1.807) is 6.07 Å². The van der Waals surface area contributed by atoms with Gasteiger partial charge in [0.2, 0.25) is 0 Å². The van der Waals surface area contributed by atoms with E-state index in [0.717, 1.165) is 44.6 Å². The maximum absolute atomic E-state index is 12.3. The molecule has 1 saturated heterocycles. The predicted molar refractivity (Wildman–Crippen MR) is 81.2 cm³/mol. The Bertz CT molecular complexity index is 489. The molecule has 3 N–H and O–H groups in total. The Morgan fingerprint density at radius 2 is 1.90 bits per heavy atom. The smallest absolute Gasteiger partial charge is 0.272 e. The molecule has 1 amide bonds. The first kappa shape index (κ1) is 14.3. The highest BCUT2D eigenvalue weighted by Crippen LogP contribution is 2.28. The van der Waals surface area contributed by atoms with E-state index >= 15 is 0 Å². The van der Waals surface area contributed by atoms with Gasteiger partial charge in [-0.2, -0.15) is 0 Å². The Labute approximate surface area is 125 Å². The Balaban J connectivity index is 1.67. The Kier molecular flexibility index (Phi) is 4.05. The first-order chi connectivity index (χ1) is 10.2. The average molecular weight is 289 g/mol. The van der Waals surface area contributed by atoms with Crippen molar-refractivity contribution in [2.45, 2.75) is 44.1 Å². The number of aromatic nitrogens is 2. The number of rotatable bonds is 4. The van der Waals surface area contributed by atoms with Crippen LogP contribution in [0, 0.1) is 0 Å². The third-order valence-corrected chi connectivity index (χ3v) is 4.64. The summed E-state index contributed by atoms with van der Waals surface area (Å²) >= 11 is 0. The van der Waals surface area contributed by atoms with Crippen LogP contribution in [0.3, 0.4) is 0 Å². The van der Waals surface area contributed by atoms with E-state index in [2.05, 4.69) is 20.4 Å². The Hall–Kier alpha value is -1.69. The van der Waals surface area contributed by atoms with Crippen LogP contribution in [0.1, 0.15) is 49.0 Å². The second-order valence-electron chi connectivity index (χ2n) is 6.12. The molecule has 0 atom stereocenters. The lowest BCUT2D eigenvalue weighted by Crippen LogP contribution is -2.51. The van der Waals surface area contributed by atoms with Gasteiger partial charge in [0.05, 0.1) is 5.54 Å². The number of nitrogens with two attached hydrogens (primary N) is 1. The molecule has 0 spiro atoms. The van der Waals surface area contributed by atoms with Crippen LogP contribution in [-0.2, 0) is 0 Å². The molecule has 1 aliphatic carbocycles. The molecule has 0 aromatic carbocycles. The highest BCUT2D eigenvalue weighted by atomic mass is 16.2. The summed E-state index contributed by atoms with van der Waals surface area (Å²) in [4.78, 5) is 14.5. The standard InChI is InChI=1S/C15H23N5O/c16-11-15(7-1-2-8-15)17-14(21)12-5-6-13(19-18-12)20-9-3-4-10-20/h5-6H,1-4,7-11,16H2,(H,17,21). The van der Waals surface area contributed by atoms with Crippen molar-refractivity contribution < 1.29 is 4.79 Å². The van der Waals surface area contributed by atoms with Gasteiger partial charge in [-0.05, 0) is 37.8 Å². The Morgan fingerprint density at radius 3 is 2.48 bits per heavy atom. The molecule has 0 bridgehead atoms. The molecule has 2 fully saturated rings. The first-order valence-corrected chi connectivity index (χ1v) is 7.84. The first-order valence-electron chi connectivity index (χ1n) is 7.84. The molecule has 2 heterocycles. The molecule has 0 radical (unpaired) electrons. The Morgan fingerprint density at radius 1 is 1.19 bits per heavy atom. The highest BCUT2D eigenvalue weighted by molar-refractivity contribution is 5.92. The third-order valence-electron chi connectivity index (χ3n) is 4.64. The molecular weight excluding hydrogens is 266 g/mol. The van der Waals surface area contributed by atoms with Crippen molar-refractivity contribution in [3.63, 3.8) is 0 Å². The zero-order chi connectivity index (χ0) is 14.7. The zero-order valence-electron chi connectivity index (χ0n) is 12.3. The van der Waals surface area contributed by atoms with E-state index in [4.69, 9.17) is 5.73 Å². The fourth-order valence-electron chi connectivity index (χ4n) is 3.30. The van der Waals surface area contributed by atoms with Crippen molar-refractivity contribution in [3.8, 4) is 0 Å². The molecule has 0 unspecified atom stereocenters. The fourth-order valence-corrected chi connectivity index (χ4v) is 3.30. The van der Waals surface area contributed by atoms with Gasteiger partial charge in [0, 0.05) is 19.6 Å². The molecule has 3 rings (SSSR count). The molecule has 1 aromatic heterocycles. The third kappa shape index (κ3) is 3.00. The predicted octanol–water partition coefficient (Wildman–Crippen LogP) is 1.08. The summed E-state index contributed by atoms with van der Waals surface area (Å²) in [6, 6.07) is 3.64. The van der Waals surface area contributed by atoms with Crippen LogP contribution in [-0.4, -0.2) is 41.3 Å². The van der Waals surface area contributed by atoms with Gasteiger partial charge in [-0.15, -0.1) is 10.2 Å². The van der Waals surface area contributed by atoms with Crippen molar-refractivity contribution in [3.05, 3.63) is 17.8 Å². The van der Waals surface area contributed by atoms with Crippen LogP contribution in [0.25, 0.3) is 0 Å². The normalized spacial score (nSPS) is 20.7. The van der Waals surface area contributed by atoms with E-state index in [0.29, 0.717) is 12.2 Å². The van der Waals surface area contributed by atoms with E-state index in [-0.39, 0.29) is 11.4 Å². The highest BCUT2D eigenvalue weighted by Gasteiger charge is 2.34. The van der Waals surface area contributed by atoms with E-state index < -0.39 is 0 Å². The van der Waals surface area contributed by atoms with Crippen LogP contribution in [0.2, 0.25) is 0 Å². The lowest BCUT2D eigenvalue weighted by Gasteiger charge is -2.28. The molecule has 1 saturated carbocycles. The number of nitrogens with one attached hydrogen (secondary N) is 1. The minimum absolute atomic E-state index is 0.164. The van der Waals surface area contributed by atoms with Gasteiger partial charge in [0.1, 0.15) is 0 Å². The fraction of sp³-hybridized carbons (Fsp3) is 0.667. The molecular formula is C15H23N5O. The summed E-state index contributed by atoms with van der Waals surface area (Å²) < 4.78 is 0. The quantitative estimate of drug-likeness (QED) is 0.866. The van der Waals surface area contributed by atoms with Crippen molar-refractivity contribution in [2.75, 3.05) is 24.5 Å². The van der Waals surface area contributed by atoms with Gasteiger partial charge in [-0.1, -0.05) is 12.8 Å². The van der Waals surface area contributed by atoms with E-state index in [9.17, 15) is 4.79 Å². The maximum atomic E-state index is 12.3. The monoisotopic (exact) mass is 289 g/mol. The number of carbonyl (C=O) groups excluding carboxylic acids is 1. The van der Waals surface area contributed by atoms with Gasteiger partial charge in [-0.25, -0.2) is 0 Å². The number of hydrogen-bond acceptors (Lipinski definition) is 5. The van der Waals surface area contributed by atoms with Crippen LogP contribution >= 0.6 is 0 Å². The summed E-state index contributed by atoms with van der Waals surface area (Å²) in [6.07, 6.45) is 6.54. The summed E-state index contributed by atoms with van der Waals surface area (Å²) in [6.45, 7) is 2.53. The maximum Gasteiger partial charge on any atom is 0.272 e. The van der Waals surface area contributed by atoms with Crippen LogP contribution in [0.15, 0.2) is 12.1 Å².